The maximum absolute atomic E-state index is 12.7. The second-order valence-electron chi connectivity index (χ2n) is 7.52. The van der Waals surface area contributed by atoms with Gasteiger partial charge in [0.1, 0.15) is 0 Å². The molecule has 3 rings (SSSR count). The maximum atomic E-state index is 12.7. The van der Waals surface area contributed by atoms with E-state index in [1.165, 1.54) is 43.4 Å². The lowest BCUT2D eigenvalue weighted by Gasteiger charge is -2.36. The first-order valence-electron chi connectivity index (χ1n) is 10.2. The zero-order valence-electron chi connectivity index (χ0n) is 16.3. The predicted molar refractivity (Wildman–Crippen MR) is 109 cm³/mol. The molecule has 0 saturated carbocycles. The summed E-state index contributed by atoms with van der Waals surface area (Å²) in [6, 6.07) is 16.2. The van der Waals surface area contributed by atoms with E-state index < -0.39 is 11.7 Å². The van der Waals surface area contributed by atoms with Gasteiger partial charge in [0, 0.05) is 31.9 Å². The molecule has 28 heavy (non-hydrogen) atoms. The molecule has 152 valence electrons. The highest BCUT2D eigenvalue weighted by atomic mass is 19.4. The van der Waals surface area contributed by atoms with Gasteiger partial charge in [0.25, 0.3) is 0 Å². The summed E-state index contributed by atoms with van der Waals surface area (Å²) in [6.07, 6.45) is 1.87. The molecule has 0 aromatic heterocycles. The number of rotatable bonds is 8. The number of alkyl halides is 3. The summed E-state index contributed by atoms with van der Waals surface area (Å²) >= 11 is 0. The van der Waals surface area contributed by atoms with Gasteiger partial charge in [-0.25, -0.2) is 0 Å². The zero-order chi connectivity index (χ0) is 19.8. The molecule has 2 aromatic carbocycles. The number of unbranched alkanes of at least 4 members (excludes halogenated alkanes) is 3. The quantitative estimate of drug-likeness (QED) is 0.539. The smallest absolute Gasteiger partial charge is 0.369 e. The van der Waals surface area contributed by atoms with Crippen molar-refractivity contribution in [2.45, 2.75) is 38.3 Å². The van der Waals surface area contributed by atoms with Crippen LogP contribution in [0.1, 0.15) is 36.8 Å². The summed E-state index contributed by atoms with van der Waals surface area (Å²) in [6.45, 7) is 4.82. The van der Waals surface area contributed by atoms with E-state index in [-0.39, 0.29) is 0 Å². The van der Waals surface area contributed by atoms with Gasteiger partial charge in [-0.15, -0.1) is 0 Å². The largest absolute Gasteiger partial charge is 0.416 e. The van der Waals surface area contributed by atoms with Crippen molar-refractivity contribution in [3.05, 3.63) is 65.7 Å². The molecular weight excluding hydrogens is 361 g/mol. The number of hydrogen-bond acceptors (Lipinski definition) is 2. The van der Waals surface area contributed by atoms with E-state index in [1.54, 1.807) is 12.1 Å². The van der Waals surface area contributed by atoms with Gasteiger partial charge in [-0.05, 0) is 55.6 Å². The van der Waals surface area contributed by atoms with Gasteiger partial charge in [-0.2, -0.15) is 13.2 Å². The molecule has 0 spiro atoms. The van der Waals surface area contributed by atoms with Crippen molar-refractivity contribution in [1.29, 1.82) is 0 Å². The molecule has 1 fully saturated rings. The van der Waals surface area contributed by atoms with Gasteiger partial charge in [-0.1, -0.05) is 43.2 Å². The highest BCUT2D eigenvalue weighted by Gasteiger charge is 2.30. The first kappa shape index (κ1) is 20.7. The second kappa shape index (κ2) is 9.97. The Hall–Kier alpha value is -2.01. The predicted octanol–water partition coefficient (Wildman–Crippen LogP) is 5.63. The van der Waals surface area contributed by atoms with Crippen molar-refractivity contribution in [2.24, 2.45) is 0 Å². The molecule has 0 aliphatic carbocycles. The molecule has 1 aliphatic rings. The van der Waals surface area contributed by atoms with Crippen LogP contribution in [0.25, 0.3) is 0 Å². The monoisotopic (exact) mass is 390 g/mol. The molecule has 2 nitrogen and oxygen atoms in total. The summed E-state index contributed by atoms with van der Waals surface area (Å²) in [5, 5.41) is 0. The molecule has 1 heterocycles. The Morgan fingerprint density at radius 1 is 0.714 bits per heavy atom. The van der Waals surface area contributed by atoms with E-state index in [0.29, 0.717) is 0 Å². The van der Waals surface area contributed by atoms with Crippen LogP contribution in [-0.2, 0) is 12.6 Å². The van der Waals surface area contributed by atoms with E-state index in [4.69, 9.17) is 0 Å². The van der Waals surface area contributed by atoms with Gasteiger partial charge >= 0.3 is 6.18 Å². The van der Waals surface area contributed by atoms with Crippen molar-refractivity contribution in [1.82, 2.24) is 4.90 Å². The number of piperazine rings is 1. The van der Waals surface area contributed by atoms with Crippen molar-refractivity contribution >= 4 is 5.69 Å². The Labute approximate surface area is 166 Å². The molecule has 5 heteroatoms. The van der Waals surface area contributed by atoms with E-state index in [1.807, 2.05) is 0 Å². The van der Waals surface area contributed by atoms with Crippen LogP contribution in [0.3, 0.4) is 0 Å². The summed E-state index contributed by atoms with van der Waals surface area (Å²) < 4.78 is 38.0. The summed E-state index contributed by atoms with van der Waals surface area (Å²) in [7, 11) is 0. The Morgan fingerprint density at radius 2 is 1.36 bits per heavy atom. The number of aryl methyl sites for hydroxylation is 1. The van der Waals surface area contributed by atoms with E-state index >= 15 is 0 Å². The van der Waals surface area contributed by atoms with Crippen LogP contribution in [0.5, 0.6) is 0 Å². The lowest BCUT2D eigenvalue weighted by molar-refractivity contribution is -0.137. The average Bonchev–Trinajstić information content (AvgIpc) is 2.71. The van der Waals surface area contributed by atoms with Crippen molar-refractivity contribution in [2.75, 3.05) is 37.6 Å². The van der Waals surface area contributed by atoms with Gasteiger partial charge in [0.15, 0.2) is 0 Å². The topological polar surface area (TPSA) is 6.48 Å². The van der Waals surface area contributed by atoms with Crippen LogP contribution >= 0.6 is 0 Å². The highest BCUT2D eigenvalue weighted by molar-refractivity contribution is 5.48. The molecule has 0 N–H and O–H groups in total. The van der Waals surface area contributed by atoms with Crippen LogP contribution in [0.15, 0.2) is 54.6 Å². The third-order valence-corrected chi connectivity index (χ3v) is 5.46. The first-order valence-corrected chi connectivity index (χ1v) is 10.2. The van der Waals surface area contributed by atoms with Crippen LogP contribution in [0.4, 0.5) is 18.9 Å². The molecule has 1 aliphatic heterocycles. The fraction of sp³-hybridized carbons (Fsp3) is 0.478. The Balaban J connectivity index is 1.30. The number of anilines is 1. The van der Waals surface area contributed by atoms with Gasteiger partial charge in [0.05, 0.1) is 5.56 Å². The first-order chi connectivity index (χ1) is 13.5. The summed E-state index contributed by atoms with van der Waals surface area (Å²) in [4.78, 5) is 4.65. The van der Waals surface area contributed by atoms with Crippen molar-refractivity contribution in [3.8, 4) is 0 Å². The molecule has 0 amide bonds. The molecule has 0 radical (unpaired) electrons. The number of nitrogens with zero attached hydrogens (tertiary/aromatic N) is 2. The van der Waals surface area contributed by atoms with Gasteiger partial charge < -0.3 is 4.90 Å². The van der Waals surface area contributed by atoms with Crippen LogP contribution in [0, 0.1) is 0 Å². The maximum Gasteiger partial charge on any atom is 0.416 e. The highest BCUT2D eigenvalue weighted by Crippen LogP contribution is 2.30. The number of halogens is 3. The molecule has 1 saturated heterocycles. The minimum Gasteiger partial charge on any atom is -0.369 e. The summed E-state index contributed by atoms with van der Waals surface area (Å²) in [5.74, 6) is 0. The minimum atomic E-state index is -4.27. The summed E-state index contributed by atoms with van der Waals surface area (Å²) in [5.41, 5.74) is 1.72. The molecule has 0 atom stereocenters. The Morgan fingerprint density at radius 3 is 2.00 bits per heavy atom. The second-order valence-corrected chi connectivity index (χ2v) is 7.52. The standard InChI is InChI=1S/C23H29F3N2/c24-23(25,26)21-11-13-22(14-12-21)28-18-16-27(17-19-28)15-7-2-1-4-8-20-9-5-3-6-10-20/h3,5-6,9-14H,1-2,4,7-8,15-19H2. The third-order valence-electron chi connectivity index (χ3n) is 5.46. The van der Waals surface area contributed by atoms with Gasteiger partial charge in [-0.3, -0.25) is 4.90 Å². The molecule has 0 bridgehead atoms. The molecule has 0 unspecified atom stereocenters. The molecule has 2 aromatic rings. The zero-order valence-corrected chi connectivity index (χ0v) is 16.3. The van der Waals surface area contributed by atoms with Crippen LogP contribution < -0.4 is 4.90 Å². The fourth-order valence-corrected chi connectivity index (χ4v) is 3.75. The van der Waals surface area contributed by atoms with Gasteiger partial charge in [0.2, 0.25) is 0 Å². The van der Waals surface area contributed by atoms with E-state index in [0.717, 1.165) is 44.8 Å². The van der Waals surface area contributed by atoms with Crippen LogP contribution in [0.2, 0.25) is 0 Å². The number of hydrogen-bond donors (Lipinski definition) is 0. The Bertz CT molecular complexity index is 690. The lowest BCUT2D eigenvalue weighted by Crippen LogP contribution is -2.46. The minimum absolute atomic E-state index is 0.581. The lowest BCUT2D eigenvalue weighted by atomic mass is 10.1. The van der Waals surface area contributed by atoms with E-state index in [9.17, 15) is 13.2 Å². The normalized spacial score (nSPS) is 15.8. The number of benzene rings is 2. The Kier molecular flexibility index (Phi) is 7.37. The van der Waals surface area contributed by atoms with Crippen molar-refractivity contribution in [3.63, 3.8) is 0 Å². The fourth-order valence-electron chi connectivity index (χ4n) is 3.75. The third kappa shape index (κ3) is 6.26. The van der Waals surface area contributed by atoms with E-state index in [2.05, 4.69) is 40.1 Å². The van der Waals surface area contributed by atoms with Crippen LogP contribution in [-0.4, -0.2) is 37.6 Å². The average molecular weight is 390 g/mol. The molecular formula is C23H29F3N2. The SMILES string of the molecule is FC(F)(F)c1ccc(N2CCN(CCCCCCc3ccccc3)CC2)cc1. The van der Waals surface area contributed by atoms with Crippen molar-refractivity contribution < 1.29 is 13.2 Å².